The summed E-state index contributed by atoms with van der Waals surface area (Å²) in [5.74, 6) is -1.69. The molecule has 0 aromatic heterocycles. The van der Waals surface area contributed by atoms with E-state index in [9.17, 15) is 14.9 Å². The predicted molar refractivity (Wildman–Crippen MR) is 86.3 cm³/mol. The lowest BCUT2D eigenvalue weighted by molar-refractivity contribution is -0.168. The van der Waals surface area contributed by atoms with E-state index >= 15 is 0 Å². The van der Waals surface area contributed by atoms with E-state index in [2.05, 4.69) is 6.07 Å². The van der Waals surface area contributed by atoms with Crippen LogP contribution in [0.1, 0.15) is 65.7 Å². The number of rotatable bonds is 9. The number of hydrogen-bond acceptors (Lipinski definition) is 5. The minimum Gasteiger partial charge on any atom is -0.466 e. The van der Waals surface area contributed by atoms with Crippen molar-refractivity contribution in [2.75, 3.05) is 13.2 Å². The zero-order valence-corrected chi connectivity index (χ0v) is 14.6. The molecule has 0 radical (unpaired) electrons. The molecule has 0 amide bonds. The number of hydrogen-bond donors (Lipinski definition) is 0. The van der Waals surface area contributed by atoms with E-state index in [-0.39, 0.29) is 19.1 Å². The fraction of sp³-hybridized carbons (Fsp3) is 0.833. The van der Waals surface area contributed by atoms with Crippen molar-refractivity contribution < 1.29 is 19.1 Å². The summed E-state index contributed by atoms with van der Waals surface area (Å²) in [5.41, 5.74) is -1.42. The van der Waals surface area contributed by atoms with Crippen LogP contribution in [0.2, 0.25) is 0 Å². The number of esters is 2. The Morgan fingerprint density at radius 3 is 2.26 bits per heavy atom. The van der Waals surface area contributed by atoms with E-state index in [1.54, 1.807) is 13.8 Å². The van der Waals surface area contributed by atoms with Gasteiger partial charge in [0, 0.05) is 0 Å². The highest BCUT2D eigenvalue weighted by atomic mass is 16.5. The average Bonchev–Trinajstić information content (AvgIpc) is 3.05. The van der Waals surface area contributed by atoms with Gasteiger partial charge in [-0.1, -0.05) is 32.6 Å². The van der Waals surface area contributed by atoms with Crippen LogP contribution >= 0.6 is 0 Å². The predicted octanol–water partition coefficient (Wildman–Crippen LogP) is 3.62. The summed E-state index contributed by atoms with van der Waals surface area (Å²) in [4.78, 5) is 25.3. The normalized spacial score (nSPS) is 18.7. The van der Waals surface area contributed by atoms with Crippen LogP contribution < -0.4 is 0 Å². The van der Waals surface area contributed by atoms with Gasteiger partial charge in [0.1, 0.15) is 0 Å². The maximum Gasteiger partial charge on any atom is 0.327 e. The van der Waals surface area contributed by atoms with Gasteiger partial charge in [-0.15, -0.1) is 0 Å². The van der Waals surface area contributed by atoms with Crippen LogP contribution in [0.5, 0.6) is 0 Å². The average molecular weight is 323 g/mol. The van der Waals surface area contributed by atoms with Crippen molar-refractivity contribution in [2.24, 2.45) is 17.3 Å². The molecule has 0 bridgehead atoms. The molecule has 0 heterocycles. The van der Waals surface area contributed by atoms with E-state index in [0.717, 1.165) is 32.1 Å². The van der Waals surface area contributed by atoms with Crippen molar-refractivity contribution >= 4 is 11.9 Å². The maximum atomic E-state index is 12.7. The molecular formula is C18H29NO4. The summed E-state index contributed by atoms with van der Waals surface area (Å²) in [5, 5.41) is 9.89. The van der Waals surface area contributed by atoms with E-state index in [4.69, 9.17) is 9.47 Å². The summed E-state index contributed by atoms with van der Waals surface area (Å²) in [6.07, 6.45) is 5.67. The van der Waals surface area contributed by atoms with Crippen LogP contribution in [0.4, 0.5) is 0 Å². The molecule has 1 fully saturated rings. The molecule has 2 atom stereocenters. The Hall–Kier alpha value is -1.57. The third-order valence-corrected chi connectivity index (χ3v) is 4.71. The lowest BCUT2D eigenvalue weighted by Crippen LogP contribution is -2.46. The van der Waals surface area contributed by atoms with Gasteiger partial charge in [-0.05, 0) is 39.0 Å². The van der Waals surface area contributed by atoms with Crippen molar-refractivity contribution in [3.63, 3.8) is 0 Å². The highest BCUT2D eigenvalue weighted by Gasteiger charge is 2.54. The Bertz CT molecular complexity index is 437. The monoisotopic (exact) mass is 323 g/mol. The summed E-state index contributed by atoms with van der Waals surface area (Å²) in [6, 6.07) is 2.18. The van der Waals surface area contributed by atoms with Gasteiger partial charge in [0.25, 0.3) is 0 Å². The summed E-state index contributed by atoms with van der Waals surface area (Å²) < 4.78 is 10.4. The van der Waals surface area contributed by atoms with Gasteiger partial charge in [0.2, 0.25) is 0 Å². The molecule has 0 N–H and O–H groups in total. The minimum atomic E-state index is -1.42. The molecule has 2 unspecified atom stereocenters. The minimum absolute atomic E-state index is 0.0231. The smallest absolute Gasteiger partial charge is 0.327 e. The van der Waals surface area contributed by atoms with Crippen LogP contribution in [-0.4, -0.2) is 25.2 Å². The Morgan fingerprint density at radius 2 is 1.78 bits per heavy atom. The summed E-state index contributed by atoms with van der Waals surface area (Å²) in [7, 11) is 0. The standard InChI is InChI=1S/C18H29NO4/c1-4-7-12-18(13-19,17(21)23-6-3)15(16(20)22-5-2)14-10-8-9-11-14/h14-15H,4-12H2,1-3H3. The third kappa shape index (κ3) is 4.46. The molecule has 5 nitrogen and oxygen atoms in total. The highest BCUT2D eigenvalue weighted by Crippen LogP contribution is 2.45. The Balaban J connectivity index is 3.25. The van der Waals surface area contributed by atoms with Crippen LogP contribution in [0.3, 0.4) is 0 Å². The molecule has 0 saturated heterocycles. The van der Waals surface area contributed by atoms with Crippen molar-refractivity contribution in [3.8, 4) is 6.07 Å². The van der Waals surface area contributed by atoms with Gasteiger partial charge in [-0.3, -0.25) is 9.59 Å². The van der Waals surface area contributed by atoms with E-state index in [0.29, 0.717) is 12.8 Å². The topological polar surface area (TPSA) is 76.4 Å². The molecular weight excluding hydrogens is 294 g/mol. The number of carbonyl (C=O) groups is 2. The SMILES string of the molecule is CCCCC(C#N)(C(=O)OCC)C(C(=O)OCC)C1CCCC1. The van der Waals surface area contributed by atoms with E-state index in [1.165, 1.54) is 0 Å². The third-order valence-electron chi connectivity index (χ3n) is 4.71. The molecule has 1 saturated carbocycles. The van der Waals surface area contributed by atoms with Crippen LogP contribution in [0.25, 0.3) is 0 Å². The highest BCUT2D eigenvalue weighted by molar-refractivity contribution is 5.88. The first-order valence-electron chi connectivity index (χ1n) is 8.82. The first-order chi connectivity index (χ1) is 11.1. The van der Waals surface area contributed by atoms with Crippen molar-refractivity contribution in [2.45, 2.75) is 65.7 Å². The largest absolute Gasteiger partial charge is 0.466 e. The summed E-state index contributed by atoms with van der Waals surface area (Å²) in [6.45, 7) is 5.92. The van der Waals surface area contributed by atoms with Gasteiger partial charge < -0.3 is 9.47 Å². The molecule has 1 aliphatic carbocycles. The second-order valence-electron chi connectivity index (χ2n) is 6.18. The molecule has 0 aliphatic heterocycles. The number of carbonyl (C=O) groups excluding carboxylic acids is 2. The second-order valence-corrected chi connectivity index (χ2v) is 6.18. The van der Waals surface area contributed by atoms with Crippen molar-refractivity contribution in [3.05, 3.63) is 0 Å². The van der Waals surface area contributed by atoms with E-state index in [1.807, 2.05) is 6.92 Å². The number of nitriles is 1. The lowest BCUT2D eigenvalue weighted by atomic mass is 9.66. The second kappa shape index (κ2) is 9.54. The number of unbranched alkanes of at least 4 members (excludes halogenated alkanes) is 1. The molecule has 0 aromatic carbocycles. The summed E-state index contributed by atoms with van der Waals surface area (Å²) >= 11 is 0. The van der Waals surface area contributed by atoms with Crippen molar-refractivity contribution in [1.29, 1.82) is 5.26 Å². The maximum absolute atomic E-state index is 12.7. The van der Waals surface area contributed by atoms with Crippen LogP contribution in [0, 0.1) is 28.6 Å². The van der Waals surface area contributed by atoms with Crippen LogP contribution in [-0.2, 0) is 19.1 Å². The number of ether oxygens (including phenoxy) is 2. The number of nitrogens with zero attached hydrogens (tertiary/aromatic N) is 1. The van der Waals surface area contributed by atoms with Gasteiger partial charge in [-0.2, -0.15) is 5.26 Å². The fourth-order valence-electron chi connectivity index (χ4n) is 3.59. The molecule has 1 aliphatic rings. The van der Waals surface area contributed by atoms with Crippen molar-refractivity contribution in [1.82, 2.24) is 0 Å². The molecule has 1 rings (SSSR count). The Kier molecular flexibility index (Phi) is 8.08. The Morgan fingerprint density at radius 1 is 1.17 bits per heavy atom. The molecule has 5 heteroatoms. The molecule has 0 aromatic rings. The molecule has 130 valence electrons. The zero-order valence-electron chi connectivity index (χ0n) is 14.6. The lowest BCUT2D eigenvalue weighted by Gasteiger charge is -2.35. The molecule has 23 heavy (non-hydrogen) atoms. The van der Waals surface area contributed by atoms with Gasteiger partial charge in [0.15, 0.2) is 5.41 Å². The first-order valence-corrected chi connectivity index (χ1v) is 8.82. The van der Waals surface area contributed by atoms with Gasteiger partial charge in [0.05, 0.1) is 25.2 Å². The zero-order chi connectivity index (χ0) is 17.3. The van der Waals surface area contributed by atoms with E-state index < -0.39 is 23.3 Å². The molecule has 0 spiro atoms. The van der Waals surface area contributed by atoms with Gasteiger partial charge >= 0.3 is 11.9 Å². The first kappa shape index (κ1) is 19.5. The Labute approximate surface area is 139 Å². The van der Waals surface area contributed by atoms with Crippen LogP contribution in [0.15, 0.2) is 0 Å². The quantitative estimate of drug-likeness (QED) is 0.606. The van der Waals surface area contributed by atoms with Gasteiger partial charge in [-0.25, -0.2) is 0 Å². The fourth-order valence-corrected chi connectivity index (χ4v) is 3.59.